The van der Waals surface area contributed by atoms with E-state index in [4.69, 9.17) is 5.26 Å². The second kappa shape index (κ2) is 6.40. The lowest BCUT2D eigenvalue weighted by atomic mass is 9.96. The van der Waals surface area contributed by atoms with E-state index in [9.17, 15) is 0 Å². The van der Waals surface area contributed by atoms with Gasteiger partial charge in [0, 0.05) is 11.9 Å². The number of nitriles is 1. The predicted molar refractivity (Wildman–Crippen MR) is 78.4 cm³/mol. The Bertz CT molecular complexity index is 566. The van der Waals surface area contributed by atoms with E-state index in [0.29, 0.717) is 6.04 Å². The summed E-state index contributed by atoms with van der Waals surface area (Å²) in [6, 6.07) is 10.4. The number of rotatable bonds is 1. The van der Waals surface area contributed by atoms with Crippen molar-refractivity contribution in [3.05, 3.63) is 53.6 Å². The van der Waals surface area contributed by atoms with Crippen LogP contribution in [0.25, 0.3) is 0 Å². The van der Waals surface area contributed by atoms with Crippen molar-refractivity contribution in [3.8, 4) is 6.07 Å². The Morgan fingerprint density at radius 3 is 2.68 bits per heavy atom. The summed E-state index contributed by atoms with van der Waals surface area (Å²) in [6.07, 6.45) is 7.34. The Balaban J connectivity index is 0.000000902. The van der Waals surface area contributed by atoms with Crippen LogP contribution in [0, 0.1) is 11.3 Å². The summed E-state index contributed by atoms with van der Waals surface area (Å²) in [5, 5.41) is 8.80. The Morgan fingerprint density at radius 2 is 2.00 bits per heavy atom. The van der Waals surface area contributed by atoms with E-state index in [1.165, 1.54) is 17.7 Å². The molecule has 100 valence electrons. The molecule has 19 heavy (non-hydrogen) atoms. The van der Waals surface area contributed by atoms with Crippen molar-refractivity contribution in [2.75, 3.05) is 0 Å². The molecule has 3 nitrogen and oxygen atoms in total. The van der Waals surface area contributed by atoms with Gasteiger partial charge in [-0.25, -0.2) is 4.98 Å². The Kier molecular flexibility index (Phi) is 5.14. The highest BCUT2D eigenvalue weighted by molar-refractivity contribution is 5.85. The summed E-state index contributed by atoms with van der Waals surface area (Å²) in [7, 11) is 0. The van der Waals surface area contributed by atoms with Crippen molar-refractivity contribution < 1.29 is 0 Å². The molecule has 0 amide bonds. The zero-order chi connectivity index (χ0) is 11.7. The number of hydrogen-bond donors (Lipinski definition) is 0. The standard InChI is InChI=1S/C14H13N3.CH4.ClH/c15-8-11-4-6-12(7-5-11)14-3-1-2-13-9-16-10-17(13)14;;/h4-7,9-10,14H,1-3H2;1H4;1H/t14-;;/m1../s1. The summed E-state index contributed by atoms with van der Waals surface area (Å²) in [5.74, 6) is 0. The second-order valence-corrected chi connectivity index (χ2v) is 4.43. The first-order valence-corrected chi connectivity index (χ1v) is 5.89. The van der Waals surface area contributed by atoms with Crippen molar-refractivity contribution in [3.63, 3.8) is 0 Å². The van der Waals surface area contributed by atoms with Crippen molar-refractivity contribution in [1.29, 1.82) is 5.26 Å². The maximum atomic E-state index is 8.80. The van der Waals surface area contributed by atoms with Gasteiger partial charge in [0.05, 0.1) is 24.0 Å². The number of fused-ring (bicyclic) bond motifs is 1. The Morgan fingerprint density at radius 1 is 1.26 bits per heavy atom. The molecule has 0 spiro atoms. The molecule has 0 saturated carbocycles. The number of imidazole rings is 1. The maximum Gasteiger partial charge on any atom is 0.0991 e. The van der Waals surface area contributed by atoms with Crippen molar-refractivity contribution >= 4 is 12.4 Å². The van der Waals surface area contributed by atoms with E-state index in [0.717, 1.165) is 18.4 Å². The van der Waals surface area contributed by atoms with Gasteiger partial charge in [-0.1, -0.05) is 19.6 Å². The smallest absolute Gasteiger partial charge is 0.0991 e. The molecule has 0 unspecified atom stereocenters. The fourth-order valence-electron chi connectivity index (χ4n) is 2.53. The summed E-state index contributed by atoms with van der Waals surface area (Å²) in [6.45, 7) is 0. The van der Waals surface area contributed by atoms with Gasteiger partial charge in [0.15, 0.2) is 0 Å². The van der Waals surface area contributed by atoms with Crippen molar-refractivity contribution in [2.24, 2.45) is 0 Å². The molecule has 1 aromatic carbocycles. The average Bonchev–Trinajstić information content (AvgIpc) is 2.87. The highest BCUT2D eigenvalue weighted by Gasteiger charge is 2.20. The van der Waals surface area contributed by atoms with Crippen LogP contribution in [-0.2, 0) is 6.42 Å². The normalized spacial score (nSPS) is 16.5. The van der Waals surface area contributed by atoms with E-state index in [1.54, 1.807) is 0 Å². The third-order valence-corrected chi connectivity index (χ3v) is 3.42. The lowest BCUT2D eigenvalue weighted by Crippen LogP contribution is -2.17. The minimum Gasteiger partial charge on any atom is -0.327 e. The number of halogens is 1. The van der Waals surface area contributed by atoms with Gasteiger partial charge in [0.2, 0.25) is 0 Å². The van der Waals surface area contributed by atoms with E-state index in [1.807, 2.05) is 24.7 Å². The zero-order valence-corrected chi connectivity index (χ0v) is 10.7. The first-order valence-electron chi connectivity index (χ1n) is 5.89. The van der Waals surface area contributed by atoms with Gasteiger partial charge in [-0.05, 0) is 37.0 Å². The van der Waals surface area contributed by atoms with E-state index in [-0.39, 0.29) is 19.8 Å². The molecule has 0 radical (unpaired) electrons. The molecule has 0 bridgehead atoms. The molecule has 0 fully saturated rings. The molecule has 0 aliphatic carbocycles. The van der Waals surface area contributed by atoms with E-state index >= 15 is 0 Å². The highest BCUT2D eigenvalue weighted by atomic mass is 35.5. The van der Waals surface area contributed by atoms with Gasteiger partial charge in [-0.3, -0.25) is 0 Å². The van der Waals surface area contributed by atoms with Gasteiger partial charge in [-0.15, -0.1) is 12.4 Å². The van der Waals surface area contributed by atoms with Crippen LogP contribution in [0.2, 0.25) is 0 Å². The minimum atomic E-state index is 0. The van der Waals surface area contributed by atoms with Gasteiger partial charge in [0.1, 0.15) is 0 Å². The molecule has 4 heteroatoms. The van der Waals surface area contributed by atoms with Crippen LogP contribution in [0.5, 0.6) is 0 Å². The zero-order valence-electron chi connectivity index (χ0n) is 9.91. The van der Waals surface area contributed by atoms with E-state index in [2.05, 4.69) is 27.8 Å². The van der Waals surface area contributed by atoms with Crippen LogP contribution in [0.4, 0.5) is 0 Å². The molecular formula is C15H18ClN3. The SMILES string of the molecule is C.Cl.N#Cc1ccc([C@H]2CCCc3cncn32)cc1. The number of hydrogen-bond acceptors (Lipinski definition) is 2. The first kappa shape index (κ1) is 15.3. The number of nitrogens with zero attached hydrogens (tertiary/aromatic N) is 3. The van der Waals surface area contributed by atoms with E-state index < -0.39 is 0 Å². The van der Waals surface area contributed by atoms with Gasteiger partial charge < -0.3 is 4.57 Å². The summed E-state index contributed by atoms with van der Waals surface area (Å²) < 4.78 is 2.25. The summed E-state index contributed by atoms with van der Waals surface area (Å²) >= 11 is 0. The van der Waals surface area contributed by atoms with Gasteiger partial charge in [-0.2, -0.15) is 5.26 Å². The van der Waals surface area contributed by atoms with Crippen molar-refractivity contribution in [1.82, 2.24) is 9.55 Å². The van der Waals surface area contributed by atoms with Crippen LogP contribution in [0.1, 0.15) is 43.1 Å². The summed E-state index contributed by atoms with van der Waals surface area (Å²) in [5.41, 5.74) is 3.30. The Hall–Kier alpha value is -1.79. The van der Waals surface area contributed by atoms with Gasteiger partial charge >= 0.3 is 0 Å². The molecule has 1 aliphatic rings. The van der Waals surface area contributed by atoms with Gasteiger partial charge in [0.25, 0.3) is 0 Å². The molecular weight excluding hydrogens is 258 g/mol. The van der Waals surface area contributed by atoms with Crippen LogP contribution in [-0.4, -0.2) is 9.55 Å². The first-order chi connectivity index (χ1) is 8.38. The lowest BCUT2D eigenvalue weighted by molar-refractivity contribution is 0.458. The monoisotopic (exact) mass is 275 g/mol. The van der Waals surface area contributed by atoms with Crippen LogP contribution in [0.3, 0.4) is 0 Å². The summed E-state index contributed by atoms with van der Waals surface area (Å²) in [4.78, 5) is 4.22. The van der Waals surface area contributed by atoms with Crippen molar-refractivity contribution in [2.45, 2.75) is 32.7 Å². The topological polar surface area (TPSA) is 41.6 Å². The molecule has 1 atom stereocenters. The molecule has 2 heterocycles. The molecule has 1 aromatic heterocycles. The highest BCUT2D eigenvalue weighted by Crippen LogP contribution is 2.30. The lowest BCUT2D eigenvalue weighted by Gasteiger charge is -2.25. The molecule has 2 aromatic rings. The fraction of sp³-hybridized carbons (Fsp3) is 0.333. The third-order valence-electron chi connectivity index (χ3n) is 3.42. The third kappa shape index (κ3) is 2.80. The largest absolute Gasteiger partial charge is 0.327 e. The maximum absolute atomic E-state index is 8.80. The minimum absolute atomic E-state index is 0. The molecule has 3 rings (SSSR count). The van der Waals surface area contributed by atoms with Crippen LogP contribution in [0.15, 0.2) is 36.8 Å². The molecule has 0 saturated heterocycles. The Labute approximate surface area is 120 Å². The molecule has 1 aliphatic heterocycles. The average molecular weight is 276 g/mol. The predicted octanol–water partition coefficient (Wildman–Crippen LogP) is 3.74. The fourth-order valence-corrected chi connectivity index (χ4v) is 2.53. The number of benzene rings is 1. The number of aromatic nitrogens is 2. The quantitative estimate of drug-likeness (QED) is 0.796. The second-order valence-electron chi connectivity index (χ2n) is 4.43. The van der Waals surface area contributed by atoms with Crippen LogP contribution < -0.4 is 0 Å². The molecule has 0 N–H and O–H groups in total. The van der Waals surface area contributed by atoms with Crippen LogP contribution >= 0.6 is 12.4 Å². The number of aryl methyl sites for hydroxylation is 1.